The Morgan fingerprint density at radius 3 is 0.681 bits per heavy atom. The Morgan fingerprint density at radius 2 is 0.514 bits per heavy atom. The molecular formula is C60H93N3O9. The quantitative estimate of drug-likeness (QED) is 0.0692. The Hall–Kier alpha value is -4.65. The van der Waals surface area contributed by atoms with Gasteiger partial charge in [-0.1, -0.05) is 161 Å². The molecule has 12 heteroatoms. The normalized spacial score (nSPS) is 13.1. The van der Waals surface area contributed by atoms with Crippen LogP contribution in [0.25, 0.3) is 0 Å². The zero-order chi connectivity index (χ0) is 54.4. The summed E-state index contributed by atoms with van der Waals surface area (Å²) in [5.41, 5.74) is 5.18. The fourth-order valence-electron chi connectivity index (χ4n) is 9.11. The molecule has 402 valence electrons. The SMILES string of the molecule is CC(C)(C)c1cc(CCCOCCn2c(=O)n(CCOCCCc3cc(C(C)(C)C)c(O)c(C(C)(C)C)c3)c(=O)n(CCOCCCc3cc(C(C)(C)C)c(O)c(C(C)(C)C)c3)c2=O)cc(C(C)(C)C)c1O. The van der Waals surface area contributed by atoms with E-state index in [-0.39, 0.29) is 71.9 Å². The van der Waals surface area contributed by atoms with Gasteiger partial charge in [0.25, 0.3) is 0 Å². The van der Waals surface area contributed by atoms with Crippen molar-refractivity contribution in [3.63, 3.8) is 0 Å². The van der Waals surface area contributed by atoms with E-state index in [1.165, 1.54) is 0 Å². The number of aryl methyl sites for hydroxylation is 3. The van der Waals surface area contributed by atoms with E-state index in [4.69, 9.17) is 14.2 Å². The van der Waals surface area contributed by atoms with Crippen LogP contribution in [-0.4, -0.2) is 68.7 Å². The molecule has 0 amide bonds. The molecule has 0 aliphatic heterocycles. The Kier molecular flexibility index (Phi) is 19.7. The lowest BCUT2D eigenvalue weighted by Crippen LogP contribution is -2.55. The predicted octanol–water partition coefficient (Wildman–Crippen LogP) is 11.0. The Bertz CT molecular complexity index is 2220. The molecule has 1 aromatic heterocycles. The number of phenolic OH excluding ortho intramolecular Hbond substituents is 3. The van der Waals surface area contributed by atoms with Crippen LogP contribution in [0.15, 0.2) is 50.8 Å². The van der Waals surface area contributed by atoms with Crippen LogP contribution in [0, 0.1) is 0 Å². The summed E-state index contributed by atoms with van der Waals surface area (Å²) in [6.07, 6.45) is 4.24. The number of hydrogen-bond donors (Lipinski definition) is 3. The molecule has 0 saturated heterocycles. The first-order valence-corrected chi connectivity index (χ1v) is 26.3. The van der Waals surface area contributed by atoms with E-state index in [0.717, 1.165) is 83.0 Å². The fraction of sp³-hybridized carbons (Fsp3) is 0.650. The first-order valence-electron chi connectivity index (χ1n) is 26.3. The molecule has 72 heavy (non-hydrogen) atoms. The number of phenols is 3. The zero-order valence-electron chi connectivity index (χ0n) is 47.7. The summed E-state index contributed by atoms with van der Waals surface area (Å²) in [5.74, 6) is 1.03. The molecule has 0 spiro atoms. The van der Waals surface area contributed by atoms with Gasteiger partial charge in [-0.05, 0) is 121 Å². The van der Waals surface area contributed by atoms with Crippen molar-refractivity contribution in [2.45, 2.75) is 215 Å². The molecular weight excluding hydrogens is 907 g/mol. The summed E-state index contributed by atoms with van der Waals surface area (Å²) in [6.45, 7) is 39.0. The molecule has 3 aromatic carbocycles. The molecule has 0 unspecified atom stereocenters. The van der Waals surface area contributed by atoms with Crippen molar-refractivity contribution in [1.29, 1.82) is 0 Å². The van der Waals surface area contributed by atoms with Crippen LogP contribution in [0.1, 0.15) is 194 Å². The lowest BCUT2D eigenvalue weighted by Gasteiger charge is -2.28. The van der Waals surface area contributed by atoms with Gasteiger partial charge in [0.2, 0.25) is 0 Å². The second-order valence-corrected chi connectivity index (χ2v) is 26.1. The molecule has 0 aliphatic rings. The Balaban J connectivity index is 1.47. The lowest BCUT2D eigenvalue weighted by atomic mass is 9.78. The molecule has 0 saturated carbocycles. The van der Waals surface area contributed by atoms with E-state index in [2.05, 4.69) is 161 Å². The van der Waals surface area contributed by atoms with E-state index in [9.17, 15) is 29.7 Å². The van der Waals surface area contributed by atoms with Crippen molar-refractivity contribution in [3.05, 3.63) is 118 Å². The first-order chi connectivity index (χ1) is 33.0. The standard InChI is InChI=1S/C60H93N3O9/c1-55(2,3)43-34-40(35-44(49(43)64)56(4,5)6)22-19-28-70-31-25-61-52(67)62(26-32-71-29-20-23-41-36-45(57(7,8)9)50(65)46(37-41)58(10,11)12)54(69)63(53(61)68)27-33-72-30-21-24-42-38-47(59(13,14)15)51(66)48(39-42)60(16,17)18/h34-39,64-66H,19-33H2,1-18H3. The van der Waals surface area contributed by atoms with Gasteiger partial charge in [-0.15, -0.1) is 0 Å². The van der Waals surface area contributed by atoms with Gasteiger partial charge in [-0.3, -0.25) is 0 Å². The number of ether oxygens (including phenoxy) is 3. The van der Waals surface area contributed by atoms with E-state index < -0.39 is 17.1 Å². The predicted molar refractivity (Wildman–Crippen MR) is 293 cm³/mol. The number of rotatable bonds is 21. The second kappa shape index (κ2) is 23.7. The van der Waals surface area contributed by atoms with E-state index >= 15 is 0 Å². The number of aromatic nitrogens is 3. The van der Waals surface area contributed by atoms with Crippen LogP contribution < -0.4 is 17.1 Å². The molecule has 4 rings (SSSR count). The molecule has 12 nitrogen and oxygen atoms in total. The largest absolute Gasteiger partial charge is 0.507 e. The summed E-state index contributed by atoms with van der Waals surface area (Å²) >= 11 is 0. The summed E-state index contributed by atoms with van der Waals surface area (Å²) < 4.78 is 21.3. The highest BCUT2D eigenvalue weighted by molar-refractivity contribution is 5.52. The van der Waals surface area contributed by atoms with Crippen LogP contribution in [0.4, 0.5) is 0 Å². The maximum absolute atomic E-state index is 13.9. The van der Waals surface area contributed by atoms with E-state index in [0.29, 0.717) is 56.3 Å². The second-order valence-electron chi connectivity index (χ2n) is 26.1. The third kappa shape index (κ3) is 15.9. The molecule has 3 N–H and O–H groups in total. The molecule has 4 aromatic rings. The topological polar surface area (TPSA) is 154 Å². The number of hydrogen-bond acceptors (Lipinski definition) is 9. The van der Waals surface area contributed by atoms with E-state index in [1.807, 2.05) is 0 Å². The maximum Gasteiger partial charge on any atom is 0.336 e. The highest BCUT2D eigenvalue weighted by Gasteiger charge is 2.29. The highest BCUT2D eigenvalue weighted by Crippen LogP contribution is 2.42. The molecule has 0 aliphatic carbocycles. The van der Waals surface area contributed by atoms with Crippen molar-refractivity contribution in [3.8, 4) is 17.2 Å². The number of benzene rings is 3. The first kappa shape index (κ1) is 59.9. The average Bonchev–Trinajstić information content (AvgIpc) is 3.23. The van der Waals surface area contributed by atoms with Crippen LogP contribution in [0.2, 0.25) is 0 Å². The summed E-state index contributed by atoms with van der Waals surface area (Å²) in [7, 11) is 0. The van der Waals surface area contributed by atoms with Gasteiger partial charge in [0, 0.05) is 19.8 Å². The minimum Gasteiger partial charge on any atom is -0.507 e. The molecule has 0 fully saturated rings. The van der Waals surface area contributed by atoms with Crippen LogP contribution in [-0.2, 0) is 85.6 Å². The zero-order valence-corrected chi connectivity index (χ0v) is 47.7. The number of nitrogens with zero attached hydrogens (tertiary/aromatic N) is 3. The summed E-state index contributed by atoms with van der Waals surface area (Å²) in [5, 5.41) is 33.5. The summed E-state index contributed by atoms with van der Waals surface area (Å²) in [4.78, 5) is 41.8. The molecule has 0 atom stereocenters. The Labute approximate surface area is 431 Å². The smallest absolute Gasteiger partial charge is 0.336 e. The monoisotopic (exact) mass is 1000 g/mol. The van der Waals surface area contributed by atoms with Gasteiger partial charge in [0.15, 0.2) is 0 Å². The van der Waals surface area contributed by atoms with Gasteiger partial charge in [0.05, 0.1) is 39.5 Å². The minimum atomic E-state index is -0.713. The van der Waals surface area contributed by atoms with Gasteiger partial charge in [0.1, 0.15) is 17.2 Å². The van der Waals surface area contributed by atoms with Crippen molar-refractivity contribution >= 4 is 0 Å². The Morgan fingerprint density at radius 1 is 0.333 bits per heavy atom. The highest BCUT2D eigenvalue weighted by atomic mass is 16.5. The van der Waals surface area contributed by atoms with Crippen molar-refractivity contribution in [1.82, 2.24) is 13.7 Å². The molecule has 0 bridgehead atoms. The third-order valence-corrected chi connectivity index (χ3v) is 13.4. The lowest BCUT2D eigenvalue weighted by molar-refractivity contribution is 0.110. The van der Waals surface area contributed by atoms with Crippen LogP contribution >= 0.6 is 0 Å². The van der Waals surface area contributed by atoms with E-state index in [1.54, 1.807) is 0 Å². The summed E-state index contributed by atoms with van der Waals surface area (Å²) in [6, 6.07) is 12.4. The van der Waals surface area contributed by atoms with Gasteiger partial charge in [-0.2, -0.15) is 0 Å². The van der Waals surface area contributed by atoms with Gasteiger partial charge >= 0.3 is 17.1 Å². The van der Waals surface area contributed by atoms with Gasteiger partial charge < -0.3 is 29.5 Å². The molecule has 0 radical (unpaired) electrons. The average molecular weight is 1000 g/mol. The third-order valence-electron chi connectivity index (χ3n) is 13.4. The van der Waals surface area contributed by atoms with Crippen molar-refractivity contribution in [2.75, 3.05) is 39.6 Å². The number of aromatic hydroxyl groups is 3. The van der Waals surface area contributed by atoms with Crippen LogP contribution in [0.5, 0.6) is 17.2 Å². The minimum absolute atomic E-state index is 0.0410. The maximum atomic E-state index is 13.9. The van der Waals surface area contributed by atoms with Crippen molar-refractivity contribution in [2.24, 2.45) is 0 Å². The van der Waals surface area contributed by atoms with Gasteiger partial charge in [-0.25, -0.2) is 28.1 Å². The fourth-order valence-corrected chi connectivity index (χ4v) is 9.11. The van der Waals surface area contributed by atoms with Crippen LogP contribution in [0.3, 0.4) is 0 Å². The van der Waals surface area contributed by atoms with Crippen molar-refractivity contribution < 1.29 is 29.5 Å². The molecule has 1 heterocycles.